The molecule has 3 aliphatic rings. The van der Waals surface area contributed by atoms with Crippen LogP contribution in [0.3, 0.4) is 0 Å². The zero-order chi connectivity index (χ0) is 19.9. The number of carbonyl (C=O) groups excluding carboxylic acids is 2. The third-order valence-corrected chi connectivity index (χ3v) is 7.22. The molecule has 152 valence electrons. The molecule has 4 rings (SSSR count). The van der Waals surface area contributed by atoms with Crippen molar-refractivity contribution in [2.24, 2.45) is 5.41 Å². The van der Waals surface area contributed by atoms with Crippen molar-refractivity contribution in [3.8, 4) is 0 Å². The molecule has 0 aromatic carbocycles. The Labute approximate surface area is 166 Å². The zero-order valence-electron chi connectivity index (χ0n) is 16.8. The van der Waals surface area contributed by atoms with Crippen molar-refractivity contribution in [2.45, 2.75) is 71.0 Å². The fourth-order valence-corrected chi connectivity index (χ4v) is 5.40. The number of hydroxylamine groups is 1. The highest BCUT2D eigenvalue weighted by Gasteiger charge is 2.49. The minimum Gasteiger partial charge on any atom is -0.343 e. The van der Waals surface area contributed by atoms with Gasteiger partial charge in [0.15, 0.2) is 0 Å². The number of amides is 2. The minimum absolute atomic E-state index is 0.194. The van der Waals surface area contributed by atoms with Crippen molar-refractivity contribution in [2.75, 3.05) is 13.1 Å². The number of carbonyl (C=O) groups is 2. The van der Waals surface area contributed by atoms with Gasteiger partial charge in [0.2, 0.25) is 5.91 Å². The molecular formula is C21H30N4O3. The van der Waals surface area contributed by atoms with E-state index in [1.165, 1.54) is 12.8 Å². The molecule has 1 aromatic rings. The highest BCUT2D eigenvalue weighted by molar-refractivity contribution is 5.93. The fraction of sp³-hybridized carbons (Fsp3) is 0.667. The second kappa shape index (κ2) is 7.44. The van der Waals surface area contributed by atoms with Crippen LogP contribution < -0.4 is 5.48 Å². The summed E-state index contributed by atoms with van der Waals surface area (Å²) in [6, 6.07) is 2.92. The molecule has 1 aliphatic carbocycles. The highest BCUT2D eigenvalue weighted by Crippen LogP contribution is 2.52. The molecule has 2 amide bonds. The molecule has 7 nitrogen and oxygen atoms in total. The first-order valence-electron chi connectivity index (χ1n) is 10.4. The van der Waals surface area contributed by atoms with Gasteiger partial charge in [0.05, 0.1) is 5.56 Å². The molecule has 28 heavy (non-hydrogen) atoms. The van der Waals surface area contributed by atoms with Crippen molar-refractivity contribution < 1.29 is 14.8 Å². The number of piperidine rings is 1. The van der Waals surface area contributed by atoms with Gasteiger partial charge in [0.1, 0.15) is 0 Å². The summed E-state index contributed by atoms with van der Waals surface area (Å²) >= 11 is 0. The number of fused-ring (bicyclic) bond motifs is 1. The summed E-state index contributed by atoms with van der Waals surface area (Å²) in [6.45, 7) is 6.50. The quantitative estimate of drug-likeness (QED) is 0.614. The van der Waals surface area contributed by atoms with E-state index in [2.05, 4.69) is 16.8 Å². The van der Waals surface area contributed by atoms with Gasteiger partial charge in [-0.15, -0.1) is 0 Å². The third-order valence-electron chi connectivity index (χ3n) is 7.22. The van der Waals surface area contributed by atoms with Gasteiger partial charge in [-0.1, -0.05) is 6.92 Å². The normalized spacial score (nSPS) is 24.5. The molecule has 1 spiro atoms. The van der Waals surface area contributed by atoms with Crippen molar-refractivity contribution in [1.29, 1.82) is 0 Å². The number of hydrogen-bond acceptors (Lipinski definition) is 5. The Morgan fingerprint density at radius 2 is 2.04 bits per heavy atom. The molecule has 1 saturated heterocycles. The SMILES string of the molecule is CC[C@H]1Cc2ncc(C(=O)NO)cc2CN1C1CC2(CCN(C(C)=O)CC2)C1. The molecule has 2 aliphatic heterocycles. The van der Waals surface area contributed by atoms with Crippen LogP contribution in [0.4, 0.5) is 0 Å². The molecule has 1 saturated carbocycles. The van der Waals surface area contributed by atoms with E-state index in [-0.39, 0.29) is 5.91 Å². The van der Waals surface area contributed by atoms with Crippen LogP contribution in [0.1, 0.15) is 67.6 Å². The van der Waals surface area contributed by atoms with Gasteiger partial charge >= 0.3 is 0 Å². The van der Waals surface area contributed by atoms with Crippen LogP contribution in [0, 0.1) is 5.41 Å². The van der Waals surface area contributed by atoms with E-state index >= 15 is 0 Å². The molecule has 0 unspecified atom stereocenters. The van der Waals surface area contributed by atoms with Gasteiger partial charge in [0, 0.05) is 57.0 Å². The van der Waals surface area contributed by atoms with Crippen molar-refractivity contribution in [3.63, 3.8) is 0 Å². The van der Waals surface area contributed by atoms with E-state index < -0.39 is 5.91 Å². The summed E-state index contributed by atoms with van der Waals surface area (Å²) in [4.78, 5) is 32.4. The number of nitrogens with zero attached hydrogens (tertiary/aromatic N) is 3. The van der Waals surface area contributed by atoms with Crippen LogP contribution in [0.15, 0.2) is 12.3 Å². The van der Waals surface area contributed by atoms with E-state index in [9.17, 15) is 9.59 Å². The topological polar surface area (TPSA) is 85.8 Å². The number of rotatable bonds is 3. The first kappa shape index (κ1) is 19.3. The van der Waals surface area contributed by atoms with Crippen molar-refractivity contribution in [1.82, 2.24) is 20.3 Å². The molecule has 2 N–H and O–H groups in total. The zero-order valence-corrected chi connectivity index (χ0v) is 16.8. The van der Waals surface area contributed by atoms with Crippen LogP contribution >= 0.6 is 0 Å². The molecule has 0 radical (unpaired) electrons. The minimum atomic E-state index is -0.515. The summed E-state index contributed by atoms with van der Waals surface area (Å²) in [5, 5.41) is 8.89. The highest BCUT2D eigenvalue weighted by atomic mass is 16.5. The second-order valence-corrected chi connectivity index (χ2v) is 8.78. The van der Waals surface area contributed by atoms with Gasteiger partial charge in [-0.3, -0.25) is 24.7 Å². The molecule has 0 bridgehead atoms. The smallest absolute Gasteiger partial charge is 0.276 e. The Morgan fingerprint density at radius 1 is 1.32 bits per heavy atom. The molecule has 1 aromatic heterocycles. The summed E-state index contributed by atoms with van der Waals surface area (Å²) in [5.41, 5.74) is 4.67. The Morgan fingerprint density at radius 3 is 2.64 bits per heavy atom. The van der Waals surface area contributed by atoms with Gasteiger partial charge in [-0.25, -0.2) is 5.48 Å². The summed E-state index contributed by atoms with van der Waals surface area (Å²) < 4.78 is 0. The Kier molecular flexibility index (Phi) is 5.14. The van der Waals surface area contributed by atoms with Crippen LogP contribution in [-0.2, 0) is 17.8 Å². The summed E-state index contributed by atoms with van der Waals surface area (Å²) in [5.74, 6) is -0.320. The monoisotopic (exact) mass is 386 g/mol. The van der Waals surface area contributed by atoms with Gasteiger partial charge in [-0.2, -0.15) is 0 Å². The Balaban J connectivity index is 1.44. The lowest BCUT2D eigenvalue weighted by Gasteiger charge is -2.57. The average Bonchev–Trinajstić information content (AvgIpc) is 2.69. The molecular weight excluding hydrogens is 356 g/mol. The molecule has 7 heteroatoms. The average molecular weight is 386 g/mol. The van der Waals surface area contributed by atoms with Crippen LogP contribution in [0.2, 0.25) is 0 Å². The molecule has 2 fully saturated rings. The third kappa shape index (κ3) is 3.42. The van der Waals surface area contributed by atoms with Crippen LogP contribution in [0.5, 0.6) is 0 Å². The summed E-state index contributed by atoms with van der Waals surface area (Å²) in [7, 11) is 0. The lowest BCUT2D eigenvalue weighted by Crippen LogP contribution is -2.58. The van der Waals surface area contributed by atoms with E-state index in [0.29, 0.717) is 23.1 Å². The predicted octanol–water partition coefficient (Wildman–Crippen LogP) is 2.13. The first-order valence-corrected chi connectivity index (χ1v) is 10.4. The molecule has 3 heterocycles. The maximum Gasteiger partial charge on any atom is 0.276 e. The largest absolute Gasteiger partial charge is 0.343 e. The maximum absolute atomic E-state index is 11.7. The maximum atomic E-state index is 11.7. The van der Waals surface area contributed by atoms with E-state index in [1.54, 1.807) is 18.6 Å². The van der Waals surface area contributed by atoms with E-state index in [4.69, 9.17) is 5.21 Å². The molecule has 1 atom stereocenters. The summed E-state index contributed by atoms with van der Waals surface area (Å²) in [6.07, 6.45) is 8.19. The second-order valence-electron chi connectivity index (χ2n) is 8.78. The van der Waals surface area contributed by atoms with Crippen molar-refractivity contribution in [3.05, 3.63) is 29.1 Å². The number of nitrogens with one attached hydrogen (secondary N) is 1. The number of aromatic nitrogens is 1. The van der Waals surface area contributed by atoms with Crippen molar-refractivity contribution >= 4 is 11.8 Å². The van der Waals surface area contributed by atoms with Gasteiger partial charge in [0.25, 0.3) is 5.91 Å². The first-order chi connectivity index (χ1) is 13.4. The number of hydrogen-bond donors (Lipinski definition) is 2. The standard InChI is InChI=1S/C21H30N4O3/c1-3-17-9-19-16(8-15(12-22-19)20(27)23-28)13-25(17)18-10-21(11-18)4-6-24(7-5-21)14(2)26/h8,12,17-18,28H,3-7,9-11,13H2,1-2H3,(H,23,27)/t17-/m0/s1. The number of pyridine rings is 1. The lowest BCUT2D eigenvalue weighted by molar-refractivity contribution is -0.134. The Bertz CT molecular complexity index is 765. The van der Waals surface area contributed by atoms with Gasteiger partial charge < -0.3 is 4.90 Å². The van der Waals surface area contributed by atoms with E-state index in [0.717, 1.165) is 56.6 Å². The Hall–Kier alpha value is -1.99. The van der Waals surface area contributed by atoms with Crippen LogP contribution in [0.25, 0.3) is 0 Å². The number of likely N-dealkylation sites (tertiary alicyclic amines) is 1. The fourth-order valence-electron chi connectivity index (χ4n) is 5.40. The lowest BCUT2D eigenvalue weighted by atomic mass is 9.59. The van der Waals surface area contributed by atoms with Gasteiger partial charge in [-0.05, 0) is 49.1 Å². The predicted molar refractivity (Wildman–Crippen MR) is 104 cm³/mol. The van der Waals surface area contributed by atoms with E-state index in [1.807, 2.05) is 11.0 Å². The van der Waals surface area contributed by atoms with Crippen LogP contribution in [-0.4, -0.2) is 57.0 Å².